The van der Waals surface area contributed by atoms with Crippen molar-refractivity contribution in [3.8, 4) is 11.4 Å². The second-order valence-corrected chi connectivity index (χ2v) is 8.15. The van der Waals surface area contributed by atoms with Crippen molar-refractivity contribution in [3.63, 3.8) is 0 Å². The second kappa shape index (κ2) is 8.91. The van der Waals surface area contributed by atoms with Gasteiger partial charge in [-0.25, -0.2) is 4.98 Å². The molecular formula is C23H31N3O2. The molecular weight excluding hydrogens is 350 g/mol. The zero-order chi connectivity index (χ0) is 19.3. The molecule has 1 aromatic carbocycles. The van der Waals surface area contributed by atoms with Crippen LogP contribution in [-0.2, 0) is 17.7 Å². The average Bonchev–Trinajstić information content (AvgIpc) is 3.29. The largest absolute Gasteiger partial charge is 0.378 e. The van der Waals surface area contributed by atoms with E-state index in [2.05, 4.69) is 28.9 Å². The fourth-order valence-electron chi connectivity index (χ4n) is 4.38. The number of amides is 1. The number of nitrogens with zero attached hydrogens (tertiary/aromatic N) is 2. The normalized spacial score (nSPS) is 20.4. The monoisotopic (exact) mass is 381 g/mol. The molecule has 5 heteroatoms. The Morgan fingerprint density at radius 2 is 2.11 bits per heavy atom. The van der Waals surface area contributed by atoms with Crippen LogP contribution in [-0.4, -0.2) is 34.2 Å². The molecule has 0 spiro atoms. The van der Waals surface area contributed by atoms with E-state index in [1.807, 2.05) is 18.2 Å². The van der Waals surface area contributed by atoms with E-state index in [9.17, 15) is 4.79 Å². The quantitative estimate of drug-likeness (QED) is 0.809. The van der Waals surface area contributed by atoms with E-state index >= 15 is 0 Å². The van der Waals surface area contributed by atoms with E-state index in [4.69, 9.17) is 9.72 Å². The van der Waals surface area contributed by atoms with E-state index in [0.29, 0.717) is 11.8 Å². The number of fused-ring (bicyclic) bond motifs is 1. The number of ether oxygens (including phenoxy) is 1. The van der Waals surface area contributed by atoms with Gasteiger partial charge >= 0.3 is 0 Å². The predicted molar refractivity (Wildman–Crippen MR) is 110 cm³/mol. The fourth-order valence-corrected chi connectivity index (χ4v) is 4.38. The highest BCUT2D eigenvalue weighted by molar-refractivity contribution is 5.94. The molecule has 0 radical (unpaired) electrons. The molecule has 0 bridgehead atoms. The Morgan fingerprint density at radius 1 is 1.25 bits per heavy atom. The molecule has 2 unspecified atom stereocenters. The molecule has 3 heterocycles. The molecule has 150 valence electrons. The first-order valence-corrected chi connectivity index (χ1v) is 10.8. The SMILES string of the molecule is CC(CCC1CCCO1)NC(=O)c1nc(-c2ccccc2)n2c1CCCCC2. The molecule has 2 atom stereocenters. The van der Waals surface area contributed by atoms with Crippen molar-refractivity contribution in [3.05, 3.63) is 41.7 Å². The first-order valence-electron chi connectivity index (χ1n) is 10.8. The smallest absolute Gasteiger partial charge is 0.271 e. The number of imidazole rings is 1. The molecule has 0 saturated carbocycles. The molecule has 1 aromatic heterocycles. The zero-order valence-corrected chi connectivity index (χ0v) is 16.8. The molecule has 1 N–H and O–H groups in total. The number of aromatic nitrogens is 2. The molecule has 28 heavy (non-hydrogen) atoms. The minimum absolute atomic E-state index is 0.0346. The van der Waals surface area contributed by atoms with E-state index in [0.717, 1.165) is 75.2 Å². The molecule has 1 saturated heterocycles. The number of rotatable bonds is 6. The number of carbonyl (C=O) groups is 1. The topological polar surface area (TPSA) is 56.1 Å². The predicted octanol–water partition coefficient (Wildman–Crippen LogP) is 4.35. The Balaban J connectivity index is 1.51. The summed E-state index contributed by atoms with van der Waals surface area (Å²) in [5, 5.41) is 3.19. The van der Waals surface area contributed by atoms with Gasteiger partial charge in [0.1, 0.15) is 11.5 Å². The van der Waals surface area contributed by atoms with Crippen LogP contribution in [0.3, 0.4) is 0 Å². The van der Waals surface area contributed by atoms with Crippen molar-refractivity contribution >= 4 is 5.91 Å². The zero-order valence-electron chi connectivity index (χ0n) is 16.8. The van der Waals surface area contributed by atoms with Crippen molar-refractivity contribution in [2.24, 2.45) is 0 Å². The van der Waals surface area contributed by atoms with Crippen LogP contribution in [0.4, 0.5) is 0 Å². The van der Waals surface area contributed by atoms with E-state index in [-0.39, 0.29) is 11.9 Å². The Labute approximate surface area is 167 Å². The Morgan fingerprint density at radius 3 is 2.89 bits per heavy atom. The molecule has 0 aliphatic carbocycles. The van der Waals surface area contributed by atoms with Gasteiger partial charge in [0.05, 0.1) is 11.8 Å². The molecule has 4 rings (SSSR count). The lowest BCUT2D eigenvalue weighted by atomic mass is 10.1. The third kappa shape index (κ3) is 4.30. The lowest BCUT2D eigenvalue weighted by Crippen LogP contribution is -2.34. The summed E-state index contributed by atoms with van der Waals surface area (Å²) < 4.78 is 7.98. The van der Waals surface area contributed by atoms with Gasteiger partial charge in [0.15, 0.2) is 0 Å². The summed E-state index contributed by atoms with van der Waals surface area (Å²) in [6.45, 7) is 3.91. The summed E-state index contributed by atoms with van der Waals surface area (Å²) in [4.78, 5) is 17.9. The van der Waals surface area contributed by atoms with E-state index in [1.165, 1.54) is 6.42 Å². The summed E-state index contributed by atoms with van der Waals surface area (Å²) in [5.41, 5.74) is 2.79. The summed E-state index contributed by atoms with van der Waals surface area (Å²) in [5.74, 6) is 0.891. The van der Waals surface area contributed by atoms with Gasteiger partial charge in [-0.15, -0.1) is 0 Å². The van der Waals surface area contributed by atoms with Gasteiger partial charge in [0.25, 0.3) is 5.91 Å². The minimum Gasteiger partial charge on any atom is -0.378 e. The Kier molecular flexibility index (Phi) is 6.10. The number of hydrogen-bond acceptors (Lipinski definition) is 3. The maximum atomic E-state index is 13.1. The molecule has 2 aromatic rings. The first kappa shape index (κ1) is 19.2. The second-order valence-electron chi connectivity index (χ2n) is 8.15. The fraction of sp³-hybridized carbons (Fsp3) is 0.565. The van der Waals surface area contributed by atoms with Gasteiger partial charge in [-0.2, -0.15) is 0 Å². The van der Waals surface area contributed by atoms with Crippen LogP contribution in [0.25, 0.3) is 11.4 Å². The van der Waals surface area contributed by atoms with Crippen LogP contribution < -0.4 is 5.32 Å². The van der Waals surface area contributed by atoms with Gasteiger partial charge in [0, 0.05) is 24.8 Å². The lowest BCUT2D eigenvalue weighted by Gasteiger charge is -2.16. The van der Waals surface area contributed by atoms with Crippen LogP contribution >= 0.6 is 0 Å². The van der Waals surface area contributed by atoms with Crippen LogP contribution in [0.15, 0.2) is 30.3 Å². The van der Waals surface area contributed by atoms with Crippen molar-refractivity contribution in [1.29, 1.82) is 0 Å². The standard InChI is InChI=1S/C23H31N3O2/c1-17(13-14-19-11-8-16-28-19)24-23(27)21-20-12-6-3-7-15-26(20)22(25-21)18-9-4-2-5-10-18/h2,4-5,9-10,17,19H,3,6-8,11-16H2,1H3,(H,24,27). The third-order valence-electron chi connectivity index (χ3n) is 5.94. The van der Waals surface area contributed by atoms with Crippen molar-refractivity contribution in [2.45, 2.75) is 77.0 Å². The maximum Gasteiger partial charge on any atom is 0.271 e. The van der Waals surface area contributed by atoms with E-state index in [1.54, 1.807) is 0 Å². The maximum absolute atomic E-state index is 13.1. The molecule has 5 nitrogen and oxygen atoms in total. The van der Waals surface area contributed by atoms with Gasteiger partial charge in [0.2, 0.25) is 0 Å². The van der Waals surface area contributed by atoms with Crippen LogP contribution in [0.5, 0.6) is 0 Å². The summed E-state index contributed by atoms with van der Waals surface area (Å²) in [6.07, 6.45) is 9.02. The molecule has 2 aliphatic rings. The van der Waals surface area contributed by atoms with Gasteiger partial charge < -0.3 is 14.6 Å². The van der Waals surface area contributed by atoms with Crippen molar-refractivity contribution in [1.82, 2.24) is 14.9 Å². The van der Waals surface area contributed by atoms with Crippen LogP contribution in [0.1, 0.15) is 68.1 Å². The number of carbonyl (C=O) groups excluding carboxylic acids is 1. The molecule has 2 aliphatic heterocycles. The van der Waals surface area contributed by atoms with Crippen molar-refractivity contribution < 1.29 is 9.53 Å². The highest BCUT2D eigenvalue weighted by Crippen LogP contribution is 2.27. The van der Waals surface area contributed by atoms with E-state index < -0.39 is 0 Å². The van der Waals surface area contributed by atoms with Crippen molar-refractivity contribution in [2.75, 3.05) is 6.61 Å². The first-order chi connectivity index (χ1) is 13.7. The van der Waals surface area contributed by atoms with Gasteiger partial charge in [-0.3, -0.25) is 4.79 Å². The molecule has 1 amide bonds. The average molecular weight is 382 g/mol. The lowest BCUT2D eigenvalue weighted by molar-refractivity contribution is 0.0895. The number of benzene rings is 1. The Bertz CT molecular complexity index is 794. The number of nitrogens with one attached hydrogen (secondary N) is 1. The summed E-state index contributed by atoms with van der Waals surface area (Å²) >= 11 is 0. The van der Waals surface area contributed by atoms with Gasteiger partial charge in [-0.05, 0) is 51.9 Å². The minimum atomic E-state index is -0.0346. The van der Waals surface area contributed by atoms with Crippen LogP contribution in [0.2, 0.25) is 0 Å². The highest BCUT2D eigenvalue weighted by atomic mass is 16.5. The van der Waals surface area contributed by atoms with Gasteiger partial charge in [-0.1, -0.05) is 36.8 Å². The summed E-state index contributed by atoms with van der Waals surface area (Å²) in [6, 6.07) is 10.3. The Hall–Kier alpha value is -2.14. The molecule has 1 fully saturated rings. The highest BCUT2D eigenvalue weighted by Gasteiger charge is 2.25. The summed E-state index contributed by atoms with van der Waals surface area (Å²) in [7, 11) is 0. The number of hydrogen-bond donors (Lipinski definition) is 1. The van der Waals surface area contributed by atoms with Crippen LogP contribution in [0, 0.1) is 0 Å². The third-order valence-corrected chi connectivity index (χ3v) is 5.94.